The zero-order valence-electron chi connectivity index (χ0n) is 16.1. The second-order valence-electron chi connectivity index (χ2n) is 7.09. The Kier molecular flexibility index (Phi) is 4.44. The van der Waals surface area contributed by atoms with Gasteiger partial charge in [0.1, 0.15) is 12.1 Å². The average molecular weight is 383 g/mol. The van der Waals surface area contributed by atoms with Gasteiger partial charge in [0.05, 0.1) is 17.8 Å². The third-order valence-corrected chi connectivity index (χ3v) is 5.10. The van der Waals surface area contributed by atoms with E-state index in [0.717, 1.165) is 69.5 Å². The Bertz CT molecular complexity index is 1270. The van der Waals surface area contributed by atoms with Crippen LogP contribution in [0.3, 0.4) is 0 Å². The van der Waals surface area contributed by atoms with Crippen LogP contribution >= 0.6 is 0 Å². The van der Waals surface area contributed by atoms with Gasteiger partial charge in [-0.15, -0.1) is 0 Å². The minimum Gasteiger partial charge on any atom is -0.494 e. The second kappa shape index (κ2) is 7.39. The fourth-order valence-corrected chi connectivity index (χ4v) is 3.52. The smallest absolute Gasteiger partial charge is 0.155 e. The minimum absolute atomic E-state index is 0.744. The van der Waals surface area contributed by atoms with Gasteiger partial charge in [-0.1, -0.05) is 31.5 Å². The number of unbranched alkanes of at least 4 members (excludes halogenated alkanes) is 1. The summed E-state index contributed by atoms with van der Waals surface area (Å²) in [4.78, 5) is 4.25. The monoisotopic (exact) mass is 383 g/mol. The van der Waals surface area contributed by atoms with E-state index in [1.807, 2.05) is 18.2 Å². The summed E-state index contributed by atoms with van der Waals surface area (Å²) in [5, 5.41) is 17.9. The van der Waals surface area contributed by atoms with Crippen molar-refractivity contribution in [2.24, 2.45) is 0 Å². The van der Waals surface area contributed by atoms with Crippen LogP contribution in [0.4, 0.5) is 0 Å². The molecule has 0 aliphatic carbocycles. The van der Waals surface area contributed by atoms with Crippen molar-refractivity contribution in [1.29, 1.82) is 0 Å². The molecule has 0 aliphatic heterocycles. The number of nitrogens with one attached hydrogen (secondary N) is 2. The van der Waals surface area contributed by atoms with Crippen LogP contribution in [0.1, 0.15) is 19.8 Å². The zero-order valence-corrected chi connectivity index (χ0v) is 16.1. The highest BCUT2D eigenvalue weighted by molar-refractivity contribution is 5.97. The maximum Gasteiger partial charge on any atom is 0.155 e. The predicted molar refractivity (Wildman–Crippen MR) is 115 cm³/mol. The van der Waals surface area contributed by atoms with E-state index < -0.39 is 0 Å². The van der Waals surface area contributed by atoms with Crippen molar-refractivity contribution in [3.05, 3.63) is 60.9 Å². The lowest BCUT2D eigenvalue weighted by atomic mass is 10.0. The fourth-order valence-electron chi connectivity index (χ4n) is 3.52. The third kappa shape index (κ3) is 3.33. The van der Waals surface area contributed by atoms with E-state index in [9.17, 15) is 0 Å². The first kappa shape index (κ1) is 17.4. The Morgan fingerprint density at radius 2 is 1.76 bits per heavy atom. The van der Waals surface area contributed by atoms with Crippen LogP contribution in [0.25, 0.3) is 44.3 Å². The molecule has 5 rings (SSSR count). The molecule has 6 nitrogen and oxygen atoms in total. The van der Waals surface area contributed by atoms with Gasteiger partial charge in [-0.3, -0.25) is 10.2 Å². The Hall–Kier alpha value is -3.67. The number of hydrogen-bond donors (Lipinski definition) is 2. The van der Waals surface area contributed by atoms with Crippen LogP contribution < -0.4 is 4.74 Å². The molecule has 0 radical (unpaired) electrons. The van der Waals surface area contributed by atoms with E-state index in [0.29, 0.717) is 0 Å². The molecule has 0 saturated heterocycles. The van der Waals surface area contributed by atoms with Crippen molar-refractivity contribution in [2.45, 2.75) is 19.8 Å². The number of nitrogens with zero attached hydrogens (tertiary/aromatic N) is 3. The number of ether oxygens (including phenoxy) is 1. The highest BCUT2D eigenvalue weighted by Gasteiger charge is 2.11. The molecule has 2 N–H and O–H groups in total. The van der Waals surface area contributed by atoms with E-state index in [4.69, 9.17) is 4.74 Å². The summed E-state index contributed by atoms with van der Waals surface area (Å²) in [6.07, 6.45) is 3.71. The van der Waals surface area contributed by atoms with Gasteiger partial charge in [0.15, 0.2) is 5.82 Å². The number of fused-ring (bicyclic) bond motifs is 2. The van der Waals surface area contributed by atoms with Crippen molar-refractivity contribution >= 4 is 21.7 Å². The van der Waals surface area contributed by atoms with Gasteiger partial charge in [0.25, 0.3) is 0 Å². The van der Waals surface area contributed by atoms with Crippen molar-refractivity contribution in [1.82, 2.24) is 25.4 Å². The molecule has 2 heterocycles. The summed E-state index contributed by atoms with van der Waals surface area (Å²) in [6, 6.07) is 18.7. The minimum atomic E-state index is 0.744. The van der Waals surface area contributed by atoms with Crippen LogP contribution in [0.15, 0.2) is 60.9 Å². The van der Waals surface area contributed by atoms with Gasteiger partial charge < -0.3 is 4.74 Å². The Labute approximate surface area is 167 Å². The summed E-state index contributed by atoms with van der Waals surface area (Å²) < 4.78 is 5.83. The fraction of sp³-hybridized carbons (Fsp3) is 0.174. The van der Waals surface area contributed by atoms with Crippen molar-refractivity contribution in [3.8, 4) is 28.4 Å². The lowest BCUT2D eigenvalue weighted by Gasteiger charge is -2.08. The molecule has 0 fully saturated rings. The van der Waals surface area contributed by atoms with Gasteiger partial charge in [-0.2, -0.15) is 10.2 Å². The maximum atomic E-state index is 5.83. The summed E-state index contributed by atoms with van der Waals surface area (Å²) in [6.45, 7) is 2.92. The van der Waals surface area contributed by atoms with Crippen molar-refractivity contribution in [2.75, 3.05) is 6.61 Å². The summed E-state index contributed by atoms with van der Waals surface area (Å²) in [5.74, 6) is 1.66. The third-order valence-electron chi connectivity index (χ3n) is 5.10. The van der Waals surface area contributed by atoms with Gasteiger partial charge in [0, 0.05) is 16.5 Å². The highest BCUT2D eigenvalue weighted by atomic mass is 16.5. The van der Waals surface area contributed by atoms with Gasteiger partial charge >= 0.3 is 0 Å². The van der Waals surface area contributed by atoms with Crippen LogP contribution in [0.2, 0.25) is 0 Å². The first-order valence-electron chi connectivity index (χ1n) is 9.82. The lowest BCUT2D eigenvalue weighted by Crippen LogP contribution is -1.96. The molecule has 0 amide bonds. The first-order valence-corrected chi connectivity index (χ1v) is 9.82. The molecule has 3 aromatic carbocycles. The zero-order chi connectivity index (χ0) is 19.6. The highest BCUT2D eigenvalue weighted by Crippen LogP contribution is 2.32. The molecule has 29 heavy (non-hydrogen) atoms. The van der Waals surface area contributed by atoms with E-state index >= 15 is 0 Å². The van der Waals surface area contributed by atoms with E-state index in [1.165, 1.54) is 6.33 Å². The summed E-state index contributed by atoms with van der Waals surface area (Å²) in [7, 11) is 0. The van der Waals surface area contributed by atoms with Crippen molar-refractivity contribution < 1.29 is 4.74 Å². The molecule has 0 unspecified atom stereocenters. The van der Waals surface area contributed by atoms with E-state index in [2.05, 4.69) is 68.7 Å². The lowest BCUT2D eigenvalue weighted by molar-refractivity contribution is 0.310. The number of H-pyrrole nitrogens is 2. The Balaban J connectivity index is 1.52. The summed E-state index contributed by atoms with van der Waals surface area (Å²) >= 11 is 0. The van der Waals surface area contributed by atoms with Crippen LogP contribution in [0, 0.1) is 0 Å². The largest absolute Gasteiger partial charge is 0.494 e. The molecule has 0 spiro atoms. The second-order valence-corrected chi connectivity index (χ2v) is 7.09. The predicted octanol–water partition coefficient (Wildman–Crippen LogP) is 5.35. The van der Waals surface area contributed by atoms with Crippen molar-refractivity contribution in [3.63, 3.8) is 0 Å². The standard InChI is InChI=1S/C23H21N5O/c1-2-3-10-29-19-8-6-15-11-17(5-4-16(15)12-19)22-20-13-18(23-24-14-25-28-23)7-9-21(20)26-27-22/h4-9,11-14H,2-3,10H2,1H3,(H,26,27)(H,24,25,28). The average Bonchev–Trinajstić information content (AvgIpc) is 3.43. The van der Waals surface area contributed by atoms with Gasteiger partial charge in [-0.05, 0) is 53.6 Å². The van der Waals surface area contributed by atoms with Crippen LogP contribution in [-0.2, 0) is 0 Å². The molecule has 5 aromatic rings. The quantitative estimate of drug-likeness (QED) is 0.388. The molecule has 2 aromatic heterocycles. The molecule has 0 bridgehead atoms. The van der Waals surface area contributed by atoms with Gasteiger partial charge in [0.2, 0.25) is 0 Å². The van der Waals surface area contributed by atoms with Gasteiger partial charge in [-0.25, -0.2) is 4.98 Å². The molecular weight excluding hydrogens is 362 g/mol. The van der Waals surface area contributed by atoms with Crippen LogP contribution in [-0.4, -0.2) is 32.0 Å². The molecule has 0 aliphatic rings. The van der Waals surface area contributed by atoms with E-state index in [1.54, 1.807) is 0 Å². The molecule has 0 atom stereocenters. The molecule has 6 heteroatoms. The van der Waals surface area contributed by atoms with Crippen LogP contribution in [0.5, 0.6) is 5.75 Å². The number of aromatic amines is 2. The maximum absolute atomic E-state index is 5.83. The number of aromatic nitrogens is 5. The molecular formula is C23H21N5O. The first-order chi connectivity index (χ1) is 14.3. The molecule has 144 valence electrons. The molecule has 0 saturated carbocycles. The summed E-state index contributed by atoms with van der Waals surface area (Å²) in [5.41, 5.74) is 3.96. The number of hydrogen-bond acceptors (Lipinski definition) is 4. The normalized spacial score (nSPS) is 11.3. The van der Waals surface area contributed by atoms with E-state index in [-0.39, 0.29) is 0 Å². The number of rotatable bonds is 6. The number of benzene rings is 3. The Morgan fingerprint density at radius 3 is 2.62 bits per heavy atom. The topological polar surface area (TPSA) is 79.5 Å². The SMILES string of the molecule is CCCCOc1ccc2cc(-c3n[nH]c4ccc(-c5ncn[nH]5)cc34)ccc2c1. The Morgan fingerprint density at radius 1 is 0.897 bits per heavy atom.